The first-order valence-corrected chi connectivity index (χ1v) is 14.5. The van der Waals surface area contributed by atoms with Crippen LogP contribution in [-0.2, 0) is 0 Å². The Bertz CT molecular complexity index is 1900. The van der Waals surface area contributed by atoms with Gasteiger partial charge in [0.2, 0.25) is 0 Å². The number of nitrogens with zero attached hydrogens (tertiary/aromatic N) is 2. The minimum Gasteiger partial charge on any atom is -0.309 e. The summed E-state index contributed by atoms with van der Waals surface area (Å²) in [6.07, 6.45) is 1.25. The van der Waals surface area contributed by atoms with E-state index in [1.807, 2.05) is 0 Å². The quantitative estimate of drug-likeness (QED) is 0.216. The van der Waals surface area contributed by atoms with Crippen LogP contribution in [0.4, 0.5) is 0 Å². The smallest absolute Gasteiger partial charge is 0.0541 e. The molecule has 198 valence electrons. The number of benzene rings is 6. The van der Waals surface area contributed by atoms with Crippen molar-refractivity contribution in [1.29, 1.82) is 0 Å². The molecule has 41 heavy (non-hydrogen) atoms. The Morgan fingerprint density at radius 1 is 0.366 bits per heavy atom. The second-order valence-electron chi connectivity index (χ2n) is 10.5. The fourth-order valence-electron chi connectivity index (χ4n) is 6.05. The summed E-state index contributed by atoms with van der Waals surface area (Å²) in [5.41, 5.74) is 9.65. The molecule has 0 aliphatic rings. The van der Waals surface area contributed by atoms with Gasteiger partial charge in [-0.25, -0.2) is 0 Å². The summed E-state index contributed by atoms with van der Waals surface area (Å²) < 4.78 is 4.76. The zero-order chi connectivity index (χ0) is 27.8. The topological polar surface area (TPSA) is 9.86 Å². The molecule has 0 fully saturated rings. The summed E-state index contributed by atoms with van der Waals surface area (Å²) in [6.45, 7) is 4.25. The third kappa shape index (κ3) is 4.20. The highest BCUT2D eigenvalue weighted by Gasteiger charge is 2.14. The maximum Gasteiger partial charge on any atom is 0.0541 e. The average molecular weight is 529 g/mol. The van der Waals surface area contributed by atoms with E-state index in [0.29, 0.717) is 0 Å². The molecule has 0 aliphatic carbocycles. The molecule has 0 aliphatic heterocycles. The number of fused-ring (bicyclic) bond motifs is 6. The predicted octanol–water partition coefficient (Wildman–Crippen LogP) is 11.0. The molecule has 0 bridgehead atoms. The van der Waals surface area contributed by atoms with Crippen molar-refractivity contribution in [3.8, 4) is 22.5 Å². The highest BCUT2D eigenvalue weighted by Crippen LogP contribution is 2.35. The van der Waals surface area contributed by atoms with Crippen molar-refractivity contribution in [2.45, 2.75) is 20.3 Å². The van der Waals surface area contributed by atoms with E-state index < -0.39 is 0 Å². The second kappa shape index (κ2) is 10.5. The molecule has 0 amide bonds. The van der Waals surface area contributed by atoms with Crippen LogP contribution >= 0.6 is 0 Å². The van der Waals surface area contributed by atoms with Gasteiger partial charge in [0.25, 0.3) is 0 Å². The number of aromatic nitrogens is 2. The van der Waals surface area contributed by atoms with E-state index in [1.165, 1.54) is 72.5 Å². The Morgan fingerprint density at radius 2 is 0.659 bits per heavy atom. The van der Waals surface area contributed by atoms with Gasteiger partial charge < -0.3 is 9.13 Å². The Labute approximate surface area is 240 Å². The van der Waals surface area contributed by atoms with Crippen LogP contribution in [0.2, 0.25) is 0 Å². The molecule has 0 saturated carbocycles. The van der Waals surface area contributed by atoms with Crippen molar-refractivity contribution in [1.82, 2.24) is 9.13 Å². The molecule has 8 aromatic rings. The monoisotopic (exact) mass is 528 g/mol. The first-order chi connectivity index (χ1) is 20.3. The van der Waals surface area contributed by atoms with Gasteiger partial charge in [0.05, 0.1) is 22.1 Å². The normalized spacial score (nSPS) is 11.3. The molecule has 2 nitrogen and oxygen atoms in total. The van der Waals surface area contributed by atoms with Gasteiger partial charge in [-0.05, 0) is 59.7 Å². The number of hydrogen-bond donors (Lipinski definition) is 0. The van der Waals surface area contributed by atoms with Gasteiger partial charge >= 0.3 is 0 Å². The lowest BCUT2D eigenvalue weighted by molar-refractivity contribution is 1.09. The van der Waals surface area contributed by atoms with Crippen LogP contribution in [0.3, 0.4) is 0 Å². The lowest BCUT2D eigenvalue weighted by Crippen LogP contribution is -1.95. The molecule has 0 saturated heterocycles. The first kappa shape index (κ1) is 24.9. The summed E-state index contributed by atoms with van der Waals surface area (Å²) in [4.78, 5) is 0. The molecule has 8 rings (SSSR count). The van der Waals surface area contributed by atoms with E-state index in [9.17, 15) is 0 Å². The third-order valence-electron chi connectivity index (χ3n) is 7.70. The summed E-state index contributed by atoms with van der Waals surface area (Å²) >= 11 is 0. The van der Waals surface area contributed by atoms with Gasteiger partial charge in [-0.1, -0.05) is 117 Å². The Morgan fingerprint density at radius 3 is 0.976 bits per heavy atom. The van der Waals surface area contributed by atoms with Gasteiger partial charge in [0.15, 0.2) is 0 Å². The van der Waals surface area contributed by atoms with Gasteiger partial charge in [-0.15, -0.1) is 0 Å². The van der Waals surface area contributed by atoms with E-state index in [-0.39, 0.29) is 0 Å². The van der Waals surface area contributed by atoms with Gasteiger partial charge in [-0.2, -0.15) is 0 Å². The summed E-state index contributed by atoms with van der Waals surface area (Å²) in [5, 5.41) is 5.12. The minimum atomic E-state index is 1.17. The van der Waals surface area contributed by atoms with Gasteiger partial charge in [-0.3, -0.25) is 0 Å². The summed E-state index contributed by atoms with van der Waals surface area (Å²) in [6, 6.07) is 52.5. The molecule has 0 radical (unpaired) electrons. The van der Waals surface area contributed by atoms with Crippen LogP contribution in [0.25, 0.3) is 66.1 Å². The summed E-state index contributed by atoms with van der Waals surface area (Å²) in [5.74, 6) is 0. The van der Waals surface area contributed by atoms with Crippen molar-refractivity contribution >= 4 is 43.6 Å². The highest BCUT2D eigenvalue weighted by molar-refractivity contribution is 6.10. The average Bonchev–Trinajstić information content (AvgIpc) is 3.55. The summed E-state index contributed by atoms with van der Waals surface area (Å²) in [7, 11) is 0. The standard InChI is InChI=1S/C36H24N2.C3H8/c1-5-19-33-29(15-1)30-16-2-6-20-34(30)37(33)27-13-9-11-25(23-27)26-12-10-14-28(24-26)38-35-21-7-3-17-31(35)32-18-4-8-22-36(32)38;1-3-2/h1-24H;3H2,1-2H3. The van der Waals surface area contributed by atoms with Crippen molar-refractivity contribution < 1.29 is 0 Å². The molecule has 0 N–H and O–H groups in total. The lowest BCUT2D eigenvalue weighted by atomic mass is 10.0. The maximum atomic E-state index is 2.38. The molecule has 2 heterocycles. The van der Waals surface area contributed by atoms with Crippen molar-refractivity contribution in [2.24, 2.45) is 0 Å². The second-order valence-corrected chi connectivity index (χ2v) is 10.5. The van der Waals surface area contributed by atoms with E-state index in [2.05, 4.69) is 169 Å². The first-order valence-electron chi connectivity index (χ1n) is 14.5. The lowest BCUT2D eigenvalue weighted by Gasteiger charge is -2.12. The molecule has 0 spiro atoms. The Hall–Kier alpha value is -5.08. The minimum absolute atomic E-state index is 1.17. The molecule has 2 aromatic heterocycles. The fourth-order valence-corrected chi connectivity index (χ4v) is 6.05. The molecule has 2 heteroatoms. The zero-order valence-corrected chi connectivity index (χ0v) is 23.5. The molecular weight excluding hydrogens is 496 g/mol. The van der Waals surface area contributed by atoms with Crippen LogP contribution in [0.1, 0.15) is 20.3 Å². The van der Waals surface area contributed by atoms with Crippen LogP contribution in [0, 0.1) is 0 Å². The Kier molecular flexibility index (Phi) is 6.37. The zero-order valence-electron chi connectivity index (χ0n) is 23.5. The van der Waals surface area contributed by atoms with E-state index in [1.54, 1.807) is 0 Å². The molecule has 6 aromatic carbocycles. The molecule has 0 atom stereocenters. The van der Waals surface area contributed by atoms with Gasteiger partial charge in [0, 0.05) is 32.9 Å². The Balaban J connectivity index is 0.000000884. The van der Waals surface area contributed by atoms with Crippen LogP contribution in [0.5, 0.6) is 0 Å². The van der Waals surface area contributed by atoms with E-state index in [4.69, 9.17) is 0 Å². The predicted molar refractivity (Wildman–Crippen MR) is 177 cm³/mol. The van der Waals surface area contributed by atoms with Crippen LogP contribution < -0.4 is 0 Å². The number of rotatable bonds is 3. The fraction of sp³-hybridized carbons (Fsp3) is 0.0769. The van der Waals surface area contributed by atoms with Crippen molar-refractivity contribution in [3.05, 3.63) is 146 Å². The number of para-hydroxylation sites is 4. The molecular formula is C39H32N2. The van der Waals surface area contributed by atoms with Gasteiger partial charge in [0.1, 0.15) is 0 Å². The molecule has 0 unspecified atom stereocenters. The maximum absolute atomic E-state index is 2.38. The van der Waals surface area contributed by atoms with Crippen LogP contribution in [-0.4, -0.2) is 9.13 Å². The third-order valence-corrected chi connectivity index (χ3v) is 7.70. The largest absolute Gasteiger partial charge is 0.309 e. The van der Waals surface area contributed by atoms with Crippen molar-refractivity contribution in [2.75, 3.05) is 0 Å². The highest BCUT2D eigenvalue weighted by atomic mass is 15.0. The van der Waals surface area contributed by atoms with Crippen LogP contribution in [0.15, 0.2) is 146 Å². The van der Waals surface area contributed by atoms with E-state index >= 15 is 0 Å². The number of hydrogen-bond acceptors (Lipinski definition) is 0. The van der Waals surface area contributed by atoms with E-state index in [0.717, 1.165) is 0 Å². The van der Waals surface area contributed by atoms with Crippen molar-refractivity contribution in [3.63, 3.8) is 0 Å². The SMILES string of the molecule is CCC.c1cc(-c2cccc(-n3c4ccccc4c4ccccc43)c2)cc(-n2c3ccccc3c3ccccc32)c1.